The number of pyridine rings is 1. The minimum absolute atomic E-state index is 0.0554. The molecule has 0 saturated carbocycles. The van der Waals surface area contributed by atoms with Crippen molar-refractivity contribution in [3.8, 4) is 17.5 Å². The number of nitrogen functional groups attached to an aromatic ring is 1. The Hall–Kier alpha value is -5.43. The molecule has 0 bridgehead atoms. The van der Waals surface area contributed by atoms with Crippen LogP contribution in [0.1, 0.15) is 41.5 Å². The summed E-state index contributed by atoms with van der Waals surface area (Å²) < 4.78 is 3.18. The van der Waals surface area contributed by atoms with Crippen LogP contribution in [0.2, 0.25) is 0 Å². The van der Waals surface area contributed by atoms with Crippen molar-refractivity contribution in [3.05, 3.63) is 100 Å². The van der Waals surface area contributed by atoms with Crippen LogP contribution in [0.15, 0.2) is 78.1 Å². The van der Waals surface area contributed by atoms with E-state index in [-0.39, 0.29) is 29.4 Å². The lowest BCUT2D eigenvalue weighted by Gasteiger charge is -2.21. The van der Waals surface area contributed by atoms with Gasteiger partial charge in [0, 0.05) is 36.3 Å². The van der Waals surface area contributed by atoms with Crippen molar-refractivity contribution in [3.63, 3.8) is 0 Å². The molecule has 0 aliphatic carbocycles. The molecule has 2 amide bonds. The summed E-state index contributed by atoms with van der Waals surface area (Å²) in [7, 11) is 0. The third kappa shape index (κ3) is 4.93. The topological polar surface area (TPSA) is 136 Å². The van der Waals surface area contributed by atoms with Crippen molar-refractivity contribution in [2.75, 3.05) is 12.3 Å². The van der Waals surface area contributed by atoms with Gasteiger partial charge in [0.15, 0.2) is 5.65 Å². The first-order valence-corrected chi connectivity index (χ1v) is 12.2. The molecular weight excluding hydrogens is 494 g/mol. The fourth-order valence-corrected chi connectivity index (χ4v) is 4.42. The van der Waals surface area contributed by atoms with Gasteiger partial charge in [-0.15, -0.1) is 0 Å². The van der Waals surface area contributed by atoms with Crippen molar-refractivity contribution < 1.29 is 9.59 Å². The molecule has 4 N–H and O–H groups in total. The predicted molar refractivity (Wildman–Crippen MR) is 148 cm³/mol. The number of nitrogens with two attached hydrogens (primary N) is 1. The van der Waals surface area contributed by atoms with Gasteiger partial charge in [-0.2, -0.15) is 0 Å². The summed E-state index contributed by atoms with van der Waals surface area (Å²) in [5.41, 5.74) is 8.05. The van der Waals surface area contributed by atoms with E-state index >= 15 is 0 Å². The van der Waals surface area contributed by atoms with Crippen LogP contribution in [0.25, 0.3) is 22.1 Å². The second kappa shape index (κ2) is 10.5. The number of fused-ring (bicyclic) bond motifs is 2. The highest BCUT2D eigenvalue weighted by Gasteiger charge is 2.23. The van der Waals surface area contributed by atoms with Crippen molar-refractivity contribution in [2.45, 2.75) is 19.9 Å². The first-order valence-electron chi connectivity index (χ1n) is 12.2. The maximum atomic E-state index is 14.0. The molecule has 0 aliphatic heterocycles. The molecule has 5 rings (SSSR count). The lowest BCUT2D eigenvalue weighted by molar-refractivity contribution is -0.118. The van der Waals surface area contributed by atoms with Gasteiger partial charge in [-0.05, 0) is 36.6 Å². The Bertz CT molecular complexity index is 1850. The van der Waals surface area contributed by atoms with E-state index in [9.17, 15) is 14.4 Å². The predicted octanol–water partition coefficient (Wildman–Crippen LogP) is 2.59. The SMILES string of the molecule is CC(=O)NCC#Cc1cccc2cc([C@@H](C)NC(=O)c3c(N)ncn4ccnc34)n(-c3ccccc3)c(=O)c12. The van der Waals surface area contributed by atoms with Crippen LogP contribution < -0.4 is 21.9 Å². The molecule has 0 spiro atoms. The maximum absolute atomic E-state index is 14.0. The molecule has 0 unspecified atom stereocenters. The van der Waals surface area contributed by atoms with Gasteiger partial charge < -0.3 is 16.4 Å². The highest BCUT2D eigenvalue weighted by atomic mass is 16.2. The molecule has 194 valence electrons. The van der Waals surface area contributed by atoms with E-state index in [1.165, 1.54) is 13.3 Å². The molecule has 2 aromatic carbocycles. The Morgan fingerprint density at radius 3 is 2.67 bits per heavy atom. The second-order valence-corrected chi connectivity index (χ2v) is 8.88. The lowest BCUT2D eigenvalue weighted by atomic mass is 10.0. The summed E-state index contributed by atoms with van der Waals surface area (Å²) in [4.78, 5) is 46.9. The second-order valence-electron chi connectivity index (χ2n) is 8.88. The number of amides is 2. The molecular formula is C29H25N7O3. The van der Waals surface area contributed by atoms with Gasteiger partial charge in [0.1, 0.15) is 17.7 Å². The number of carbonyl (C=O) groups excluding carboxylic acids is 2. The highest BCUT2D eigenvalue weighted by Crippen LogP contribution is 2.24. The average molecular weight is 520 g/mol. The minimum Gasteiger partial charge on any atom is -0.383 e. The minimum atomic E-state index is -0.598. The Kier molecular flexibility index (Phi) is 6.80. The number of imidazole rings is 1. The number of hydrogen-bond donors (Lipinski definition) is 3. The van der Waals surface area contributed by atoms with Gasteiger partial charge in [0.2, 0.25) is 5.91 Å². The summed E-state index contributed by atoms with van der Waals surface area (Å²) in [6.07, 6.45) is 4.73. The monoisotopic (exact) mass is 519 g/mol. The van der Waals surface area contributed by atoms with E-state index in [4.69, 9.17) is 5.73 Å². The fraction of sp³-hybridized carbons (Fsp3) is 0.138. The number of para-hydroxylation sites is 1. The lowest BCUT2D eigenvalue weighted by Crippen LogP contribution is -2.33. The first-order chi connectivity index (χ1) is 18.8. The zero-order chi connectivity index (χ0) is 27.5. The molecule has 3 aromatic heterocycles. The van der Waals surface area contributed by atoms with Crippen molar-refractivity contribution in [1.29, 1.82) is 0 Å². The van der Waals surface area contributed by atoms with Crippen LogP contribution >= 0.6 is 0 Å². The average Bonchev–Trinajstić information content (AvgIpc) is 3.39. The molecule has 1 atom stereocenters. The maximum Gasteiger partial charge on any atom is 0.264 e. The van der Waals surface area contributed by atoms with Crippen LogP contribution in [0.5, 0.6) is 0 Å². The number of aromatic nitrogens is 4. The number of hydrogen-bond acceptors (Lipinski definition) is 6. The number of nitrogens with zero attached hydrogens (tertiary/aromatic N) is 4. The number of benzene rings is 2. The largest absolute Gasteiger partial charge is 0.383 e. The van der Waals surface area contributed by atoms with E-state index in [1.807, 2.05) is 48.5 Å². The molecule has 10 nitrogen and oxygen atoms in total. The van der Waals surface area contributed by atoms with Crippen LogP contribution in [0, 0.1) is 11.8 Å². The number of nitrogens with one attached hydrogen (secondary N) is 2. The summed E-state index contributed by atoms with van der Waals surface area (Å²) >= 11 is 0. The van der Waals surface area contributed by atoms with Crippen molar-refractivity contribution in [2.24, 2.45) is 0 Å². The Morgan fingerprint density at radius 2 is 1.90 bits per heavy atom. The number of rotatable bonds is 5. The van der Waals surface area contributed by atoms with E-state index < -0.39 is 11.9 Å². The molecule has 5 aromatic rings. The Labute approximate surface area is 223 Å². The summed E-state index contributed by atoms with van der Waals surface area (Å²) in [6.45, 7) is 3.38. The summed E-state index contributed by atoms with van der Waals surface area (Å²) in [6, 6.07) is 15.9. The zero-order valence-corrected chi connectivity index (χ0v) is 21.3. The first kappa shape index (κ1) is 25.2. The van der Waals surface area contributed by atoms with Crippen LogP contribution in [-0.2, 0) is 4.79 Å². The van der Waals surface area contributed by atoms with E-state index in [0.29, 0.717) is 33.4 Å². The van der Waals surface area contributed by atoms with E-state index in [0.717, 1.165) is 0 Å². The number of anilines is 1. The summed E-state index contributed by atoms with van der Waals surface area (Å²) in [5.74, 6) is 5.31. The van der Waals surface area contributed by atoms with Crippen LogP contribution in [0.3, 0.4) is 0 Å². The Morgan fingerprint density at radius 1 is 1.10 bits per heavy atom. The normalized spacial score (nSPS) is 11.5. The van der Waals surface area contributed by atoms with Crippen molar-refractivity contribution in [1.82, 2.24) is 29.6 Å². The van der Waals surface area contributed by atoms with Gasteiger partial charge >= 0.3 is 0 Å². The van der Waals surface area contributed by atoms with Crippen molar-refractivity contribution >= 4 is 34.1 Å². The summed E-state index contributed by atoms with van der Waals surface area (Å²) in [5, 5.41) is 6.71. The molecule has 0 aliphatic rings. The third-order valence-electron chi connectivity index (χ3n) is 6.23. The van der Waals surface area contributed by atoms with Gasteiger partial charge in [-0.1, -0.05) is 42.2 Å². The van der Waals surface area contributed by atoms with Gasteiger partial charge in [-0.25, -0.2) is 9.97 Å². The smallest absolute Gasteiger partial charge is 0.264 e. The standard InChI is InChI=1S/C29H25N7O3/c1-18(34-28(38)25-26(30)33-17-35-15-14-32-27(25)35)23-16-21-9-6-8-20(10-7-13-31-19(2)37)24(21)29(39)36(23)22-11-4-3-5-12-22/h3-6,8-9,11-12,14-18H,13,30H2,1-2H3,(H,31,37)(H,34,38)/t18-/m1/s1. The molecule has 39 heavy (non-hydrogen) atoms. The molecule has 0 fully saturated rings. The zero-order valence-electron chi connectivity index (χ0n) is 21.3. The van der Waals surface area contributed by atoms with E-state index in [1.54, 1.807) is 34.4 Å². The van der Waals surface area contributed by atoms with E-state index in [2.05, 4.69) is 32.4 Å². The van der Waals surface area contributed by atoms with Gasteiger partial charge in [-0.3, -0.25) is 23.4 Å². The van der Waals surface area contributed by atoms with Crippen LogP contribution in [-0.4, -0.2) is 37.3 Å². The molecule has 3 heterocycles. The van der Waals surface area contributed by atoms with Gasteiger partial charge in [0.25, 0.3) is 11.5 Å². The van der Waals surface area contributed by atoms with Gasteiger partial charge in [0.05, 0.1) is 18.0 Å². The number of carbonyl (C=O) groups is 2. The quantitative estimate of drug-likeness (QED) is 0.305. The molecule has 0 radical (unpaired) electrons. The van der Waals surface area contributed by atoms with Crippen LogP contribution in [0.4, 0.5) is 5.82 Å². The Balaban J connectivity index is 1.62. The molecule has 10 heteroatoms. The third-order valence-corrected chi connectivity index (χ3v) is 6.23. The molecule has 0 saturated heterocycles. The highest BCUT2D eigenvalue weighted by molar-refractivity contribution is 6.04. The fourth-order valence-electron chi connectivity index (χ4n) is 4.42.